The minimum Gasteiger partial charge on any atom is -0.481 e. The molecule has 0 saturated carbocycles. The SMILES string of the molecule is NC(=O)[C@H](CCC(=O)O)NC(=O)[C@H](CCC(=O)O)NC(=O)CCc1cc(-c2ccc(-c3ccccc3)cc2)no1. The fourth-order valence-corrected chi connectivity index (χ4v) is 3.90. The van der Waals surface area contributed by atoms with Crippen LogP contribution >= 0.6 is 0 Å². The molecule has 40 heavy (non-hydrogen) atoms. The van der Waals surface area contributed by atoms with E-state index in [9.17, 15) is 24.0 Å². The van der Waals surface area contributed by atoms with Gasteiger partial charge in [0.15, 0.2) is 0 Å². The molecule has 0 aliphatic rings. The molecule has 2 aromatic carbocycles. The molecule has 3 amide bonds. The van der Waals surface area contributed by atoms with Gasteiger partial charge in [0.1, 0.15) is 23.5 Å². The van der Waals surface area contributed by atoms with Gasteiger partial charge in [-0.3, -0.25) is 24.0 Å². The number of primary amides is 1. The van der Waals surface area contributed by atoms with E-state index in [4.69, 9.17) is 20.5 Å². The van der Waals surface area contributed by atoms with Crippen LogP contribution in [0.2, 0.25) is 0 Å². The minimum atomic E-state index is -1.29. The lowest BCUT2D eigenvalue weighted by Crippen LogP contribution is -2.53. The van der Waals surface area contributed by atoms with Crippen LogP contribution in [0.15, 0.2) is 65.2 Å². The largest absolute Gasteiger partial charge is 0.481 e. The quantitative estimate of drug-likeness (QED) is 0.188. The number of carboxylic acid groups (broad SMARTS) is 2. The van der Waals surface area contributed by atoms with E-state index < -0.39 is 54.6 Å². The number of nitrogens with two attached hydrogens (primary N) is 1. The Morgan fingerprint density at radius 3 is 1.95 bits per heavy atom. The molecule has 0 fully saturated rings. The van der Waals surface area contributed by atoms with Crippen LogP contribution in [0.3, 0.4) is 0 Å². The average molecular weight is 551 g/mol. The first kappa shape index (κ1) is 29.6. The highest BCUT2D eigenvalue weighted by Gasteiger charge is 2.26. The van der Waals surface area contributed by atoms with Crippen molar-refractivity contribution in [3.05, 3.63) is 66.4 Å². The van der Waals surface area contributed by atoms with E-state index in [0.29, 0.717) is 11.5 Å². The number of hydrogen-bond donors (Lipinski definition) is 5. The highest BCUT2D eigenvalue weighted by atomic mass is 16.5. The van der Waals surface area contributed by atoms with E-state index in [0.717, 1.165) is 16.7 Å². The summed E-state index contributed by atoms with van der Waals surface area (Å²) in [7, 11) is 0. The zero-order chi connectivity index (χ0) is 29.1. The van der Waals surface area contributed by atoms with Gasteiger partial charge in [0, 0.05) is 37.3 Å². The molecular formula is C28H30N4O8. The van der Waals surface area contributed by atoms with Crippen LogP contribution in [0.1, 0.15) is 37.9 Å². The Kier molecular flexibility index (Phi) is 10.5. The monoisotopic (exact) mass is 550 g/mol. The fourth-order valence-electron chi connectivity index (χ4n) is 3.90. The molecule has 0 bridgehead atoms. The molecule has 2 atom stereocenters. The molecule has 0 radical (unpaired) electrons. The minimum absolute atomic E-state index is 0.0866. The van der Waals surface area contributed by atoms with Crippen molar-refractivity contribution >= 4 is 29.7 Å². The second kappa shape index (κ2) is 14.2. The summed E-state index contributed by atoms with van der Waals surface area (Å²) in [6, 6.07) is 16.8. The van der Waals surface area contributed by atoms with E-state index in [1.54, 1.807) is 6.07 Å². The first-order chi connectivity index (χ1) is 19.1. The van der Waals surface area contributed by atoms with E-state index >= 15 is 0 Å². The number of aromatic nitrogens is 1. The number of carboxylic acids is 2. The van der Waals surface area contributed by atoms with Gasteiger partial charge in [-0.2, -0.15) is 0 Å². The number of nitrogens with zero attached hydrogens (tertiary/aromatic N) is 1. The number of carbonyl (C=O) groups is 5. The van der Waals surface area contributed by atoms with Crippen LogP contribution in [0, 0.1) is 0 Å². The molecule has 0 aliphatic heterocycles. The van der Waals surface area contributed by atoms with Gasteiger partial charge in [0.25, 0.3) is 0 Å². The molecular weight excluding hydrogens is 520 g/mol. The third-order valence-electron chi connectivity index (χ3n) is 6.05. The van der Waals surface area contributed by atoms with Gasteiger partial charge in [0.05, 0.1) is 0 Å². The molecule has 0 unspecified atom stereocenters. The van der Waals surface area contributed by atoms with Gasteiger partial charge >= 0.3 is 11.9 Å². The van der Waals surface area contributed by atoms with Gasteiger partial charge in [-0.05, 0) is 24.0 Å². The standard InChI is InChI=1S/C28H30N4O8/c29-27(38)21(11-14-25(34)35)31-28(39)22(12-15-26(36)37)30-24(33)13-10-20-16-23(32-40-20)19-8-6-18(7-9-19)17-4-2-1-3-5-17/h1-9,16,21-22H,10-15H2,(H2,29,38)(H,30,33)(H,31,39)(H,34,35)(H,36,37)/t21-,22-/m0/s1. The Hall–Kier alpha value is -5.00. The number of rotatable bonds is 15. The highest BCUT2D eigenvalue weighted by Crippen LogP contribution is 2.25. The smallest absolute Gasteiger partial charge is 0.303 e. The average Bonchev–Trinajstić information content (AvgIpc) is 3.41. The van der Waals surface area contributed by atoms with Crippen LogP contribution in [-0.2, 0) is 30.4 Å². The number of amides is 3. The fraction of sp³-hybridized carbons (Fsp3) is 0.286. The van der Waals surface area contributed by atoms with E-state index in [-0.39, 0.29) is 25.7 Å². The Bertz CT molecular complexity index is 1340. The van der Waals surface area contributed by atoms with Crippen molar-refractivity contribution < 1.29 is 38.7 Å². The maximum absolute atomic E-state index is 12.7. The van der Waals surface area contributed by atoms with E-state index in [2.05, 4.69) is 15.8 Å². The second-order valence-electron chi connectivity index (χ2n) is 9.07. The lowest BCUT2D eigenvalue weighted by atomic mass is 10.0. The highest BCUT2D eigenvalue weighted by molar-refractivity contribution is 5.92. The lowest BCUT2D eigenvalue weighted by molar-refractivity contribution is -0.139. The lowest BCUT2D eigenvalue weighted by Gasteiger charge is -2.21. The molecule has 6 N–H and O–H groups in total. The van der Waals surface area contributed by atoms with Crippen molar-refractivity contribution in [2.75, 3.05) is 0 Å². The summed E-state index contributed by atoms with van der Waals surface area (Å²) in [6.45, 7) is 0. The Labute approximate surface area is 229 Å². The van der Waals surface area contributed by atoms with Crippen LogP contribution in [-0.4, -0.2) is 57.1 Å². The van der Waals surface area contributed by atoms with Gasteiger partial charge in [-0.1, -0.05) is 59.8 Å². The summed E-state index contributed by atoms with van der Waals surface area (Å²) in [6.07, 6.45) is -1.27. The summed E-state index contributed by atoms with van der Waals surface area (Å²) < 4.78 is 5.35. The van der Waals surface area contributed by atoms with E-state index in [1.807, 2.05) is 54.6 Å². The zero-order valence-electron chi connectivity index (χ0n) is 21.5. The van der Waals surface area contributed by atoms with Crippen LogP contribution in [0.4, 0.5) is 0 Å². The predicted molar refractivity (Wildman–Crippen MR) is 142 cm³/mol. The Balaban J connectivity index is 1.58. The van der Waals surface area contributed by atoms with Gasteiger partial charge in [-0.25, -0.2) is 0 Å². The number of aryl methyl sites for hydroxylation is 1. The molecule has 3 aromatic rings. The van der Waals surface area contributed by atoms with Gasteiger partial charge < -0.3 is 31.1 Å². The summed E-state index contributed by atoms with van der Waals surface area (Å²) in [4.78, 5) is 58.8. The summed E-state index contributed by atoms with van der Waals surface area (Å²) in [5, 5.41) is 26.7. The van der Waals surface area contributed by atoms with Crippen molar-refractivity contribution in [2.45, 2.75) is 50.6 Å². The number of nitrogens with one attached hydrogen (secondary N) is 2. The Morgan fingerprint density at radius 1 is 0.775 bits per heavy atom. The summed E-state index contributed by atoms with van der Waals surface area (Å²) in [5.74, 6) is -4.28. The number of aliphatic carboxylic acids is 2. The molecule has 0 saturated heterocycles. The molecule has 12 nitrogen and oxygen atoms in total. The first-order valence-corrected chi connectivity index (χ1v) is 12.6. The molecule has 0 aliphatic carbocycles. The van der Waals surface area contributed by atoms with E-state index in [1.165, 1.54) is 0 Å². The number of carbonyl (C=O) groups excluding carboxylic acids is 3. The summed E-state index contributed by atoms with van der Waals surface area (Å²) in [5.41, 5.74) is 8.80. The van der Waals surface area contributed by atoms with Crippen LogP contribution in [0.5, 0.6) is 0 Å². The third kappa shape index (κ3) is 9.08. The van der Waals surface area contributed by atoms with Crippen molar-refractivity contribution in [1.82, 2.24) is 15.8 Å². The first-order valence-electron chi connectivity index (χ1n) is 12.6. The maximum atomic E-state index is 12.7. The van der Waals surface area contributed by atoms with Gasteiger partial charge in [-0.15, -0.1) is 0 Å². The number of benzene rings is 2. The van der Waals surface area contributed by atoms with Crippen molar-refractivity contribution in [3.63, 3.8) is 0 Å². The molecule has 1 heterocycles. The summed E-state index contributed by atoms with van der Waals surface area (Å²) >= 11 is 0. The van der Waals surface area contributed by atoms with Crippen molar-refractivity contribution in [3.8, 4) is 22.4 Å². The third-order valence-corrected chi connectivity index (χ3v) is 6.05. The molecule has 12 heteroatoms. The second-order valence-corrected chi connectivity index (χ2v) is 9.07. The Morgan fingerprint density at radius 2 is 1.35 bits per heavy atom. The molecule has 1 aromatic heterocycles. The zero-order valence-corrected chi connectivity index (χ0v) is 21.5. The van der Waals surface area contributed by atoms with Crippen molar-refractivity contribution in [2.24, 2.45) is 5.73 Å². The molecule has 210 valence electrons. The number of hydrogen-bond acceptors (Lipinski definition) is 7. The molecule has 0 spiro atoms. The van der Waals surface area contributed by atoms with Crippen LogP contribution in [0.25, 0.3) is 22.4 Å². The maximum Gasteiger partial charge on any atom is 0.303 e. The van der Waals surface area contributed by atoms with Gasteiger partial charge in [0.2, 0.25) is 17.7 Å². The van der Waals surface area contributed by atoms with Crippen LogP contribution < -0.4 is 16.4 Å². The predicted octanol–water partition coefficient (Wildman–Crippen LogP) is 2.13. The topological polar surface area (TPSA) is 202 Å². The molecule has 3 rings (SSSR count). The van der Waals surface area contributed by atoms with Crippen molar-refractivity contribution in [1.29, 1.82) is 0 Å². The normalized spacial score (nSPS) is 12.2.